The van der Waals surface area contributed by atoms with E-state index in [9.17, 15) is 4.79 Å². The number of nitrogens with zero attached hydrogens (tertiary/aromatic N) is 3. The summed E-state index contributed by atoms with van der Waals surface area (Å²) in [6.07, 6.45) is 2.23. The highest BCUT2D eigenvalue weighted by Crippen LogP contribution is 2.40. The van der Waals surface area contributed by atoms with Crippen LogP contribution in [0.4, 0.5) is 5.69 Å². The van der Waals surface area contributed by atoms with Crippen LogP contribution in [0.1, 0.15) is 34.8 Å². The number of aromatic amines is 1. The number of carbonyl (C=O) groups is 1. The highest BCUT2D eigenvalue weighted by molar-refractivity contribution is 6.45. The van der Waals surface area contributed by atoms with Gasteiger partial charge in [-0.1, -0.05) is 29.3 Å². The standard InChI is InChI=1S/C19H19Cl2N5O2/c1-9-14-10-4-5-11(20)15(21)16(10)24-12(14)6-7-26(9)19(27)17-23-8-13(22-2)18(25-17)28-3/h4-5,8-9,22,24H,6-7H2,1-3H3. The van der Waals surface area contributed by atoms with E-state index in [2.05, 4.69) is 20.3 Å². The summed E-state index contributed by atoms with van der Waals surface area (Å²) in [7, 11) is 3.25. The number of methoxy groups -OCH3 is 1. The van der Waals surface area contributed by atoms with Crippen LogP contribution in [-0.4, -0.2) is 46.5 Å². The number of hydrogen-bond donors (Lipinski definition) is 2. The van der Waals surface area contributed by atoms with E-state index in [1.807, 2.05) is 13.0 Å². The summed E-state index contributed by atoms with van der Waals surface area (Å²) >= 11 is 12.5. The third-order valence-corrected chi connectivity index (χ3v) is 5.95. The van der Waals surface area contributed by atoms with Crippen LogP contribution >= 0.6 is 23.2 Å². The molecule has 0 aliphatic carbocycles. The molecule has 0 saturated heterocycles. The molecular formula is C19H19Cl2N5O2. The van der Waals surface area contributed by atoms with Gasteiger partial charge in [0, 0.05) is 36.7 Å². The number of ether oxygens (including phenoxy) is 1. The Morgan fingerprint density at radius 1 is 1.39 bits per heavy atom. The minimum Gasteiger partial charge on any atom is -0.479 e. The van der Waals surface area contributed by atoms with E-state index >= 15 is 0 Å². The monoisotopic (exact) mass is 419 g/mol. The normalized spacial score (nSPS) is 16.2. The minimum atomic E-state index is -0.242. The molecule has 0 spiro atoms. The number of H-pyrrole nitrogens is 1. The van der Waals surface area contributed by atoms with Gasteiger partial charge in [-0.05, 0) is 13.0 Å². The van der Waals surface area contributed by atoms with E-state index in [0.29, 0.717) is 34.6 Å². The second kappa shape index (κ2) is 7.14. The predicted molar refractivity (Wildman–Crippen MR) is 110 cm³/mol. The fraction of sp³-hybridized carbons (Fsp3) is 0.316. The van der Waals surface area contributed by atoms with Gasteiger partial charge in [-0.25, -0.2) is 4.98 Å². The van der Waals surface area contributed by atoms with Crippen molar-refractivity contribution in [2.45, 2.75) is 19.4 Å². The van der Waals surface area contributed by atoms with Crippen LogP contribution in [0, 0.1) is 0 Å². The lowest BCUT2D eigenvalue weighted by atomic mass is 9.97. The number of fused-ring (bicyclic) bond motifs is 3. The molecule has 0 fully saturated rings. The molecule has 9 heteroatoms. The van der Waals surface area contributed by atoms with E-state index in [1.54, 1.807) is 24.2 Å². The number of hydrogen-bond acceptors (Lipinski definition) is 5. The van der Waals surface area contributed by atoms with Crippen molar-refractivity contribution in [1.82, 2.24) is 19.9 Å². The Morgan fingerprint density at radius 2 is 2.18 bits per heavy atom. The molecule has 2 N–H and O–H groups in total. The molecule has 1 amide bonds. The average molecular weight is 420 g/mol. The van der Waals surface area contributed by atoms with Gasteiger partial charge in [-0.2, -0.15) is 4.98 Å². The summed E-state index contributed by atoms with van der Waals surface area (Å²) in [5.74, 6) is 0.195. The van der Waals surface area contributed by atoms with Gasteiger partial charge in [0.05, 0.1) is 34.9 Å². The zero-order valence-corrected chi connectivity index (χ0v) is 17.1. The fourth-order valence-corrected chi connectivity index (χ4v) is 4.11. The molecule has 146 valence electrons. The average Bonchev–Trinajstić information content (AvgIpc) is 3.10. The minimum absolute atomic E-state index is 0.104. The maximum Gasteiger partial charge on any atom is 0.292 e. The van der Waals surface area contributed by atoms with Crippen LogP contribution in [0.25, 0.3) is 10.9 Å². The van der Waals surface area contributed by atoms with Gasteiger partial charge in [0.25, 0.3) is 5.91 Å². The van der Waals surface area contributed by atoms with E-state index in [4.69, 9.17) is 27.9 Å². The number of anilines is 1. The van der Waals surface area contributed by atoms with E-state index in [-0.39, 0.29) is 17.8 Å². The molecule has 28 heavy (non-hydrogen) atoms. The zero-order chi connectivity index (χ0) is 20.0. The van der Waals surface area contributed by atoms with Gasteiger partial charge in [0.15, 0.2) is 0 Å². The molecule has 7 nitrogen and oxygen atoms in total. The molecule has 3 heterocycles. The molecule has 3 aromatic rings. The number of rotatable bonds is 3. The lowest BCUT2D eigenvalue weighted by molar-refractivity contribution is 0.0664. The summed E-state index contributed by atoms with van der Waals surface area (Å²) in [6, 6.07) is 3.55. The summed E-state index contributed by atoms with van der Waals surface area (Å²) in [5, 5.41) is 4.90. The van der Waals surface area contributed by atoms with E-state index < -0.39 is 0 Å². The summed E-state index contributed by atoms with van der Waals surface area (Å²) < 4.78 is 5.25. The van der Waals surface area contributed by atoms with Gasteiger partial charge in [-0.3, -0.25) is 4.79 Å². The molecule has 2 aromatic heterocycles. The number of carbonyl (C=O) groups excluding carboxylic acids is 1. The lowest BCUT2D eigenvalue weighted by Gasteiger charge is -2.33. The molecule has 1 atom stereocenters. The molecule has 1 aromatic carbocycles. The summed E-state index contributed by atoms with van der Waals surface area (Å²) in [4.78, 5) is 26.8. The smallest absolute Gasteiger partial charge is 0.292 e. The van der Waals surface area contributed by atoms with E-state index in [0.717, 1.165) is 22.2 Å². The Balaban J connectivity index is 1.72. The van der Waals surface area contributed by atoms with Crippen LogP contribution in [0.15, 0.2) is 18.3 Å². The van der Waals surface area contributed by atoms with Gasteiger partial charge >= 0.3 is 0 Å². The molecule has 1 unspecified atom stereocenters. The van der Waals surface area contributed by atoms with Crippen molar-refractivity contribution in [2.75, 3.05) is 26.0 Å². The Kier molecular flexibility index (Phi) is 4.81. The van der Waals surface area contributed by atoms with Gasteiger partial charge in [0.1, 0.15) is 5.69 Å². The maximum atomic E-state index is 13.1. The van der Waals surface area contributed by atoms with Crippen LogP contribution < -0.4 is 10.1 Å². The Labute approximate surface area is 172 Å². The number of amides is 1. The summed E-state index contributed by atoms with van der Waals surface area (Å²) in [5.41, 5.74) is 3.54. The number of halogens is 2. The van der Waals surface area contributed by atoms with Crippen molar-refractivity contribution in [3.8, 4) is 5.88 Å². The highest BCUT2D eigenvalue weighted by Gasteiger charge is 2.33. The first-order chi connectivity index (χ1) is 13.5. The maximum absolute atomic E-state index is 13.1. The van der Waals surface area contributed by atoms with Crippen molar-refractivity contribution >= 4 is 45.7 Å². The lowest BCUT2D eigenvalue weighted by Crippen LogP contribution is -2.39. The quantitative estimate of drug-likeness (QED) is 0.668. The van der Waals surface area contributed by atoms with Gasteiger partial charge in [0.2, 0.25) is 11.7 Å². The number of aromatic nitrogens is 3. The van der Waals surface area contributed by atoms with Crippen LogP contribution in [0.3, 0.4) is 0 Å². The number of benzene rings is 1. The van der Waals surface area contributed by atoms with Crippen molar-refractivity contribution < 1.29 is 9.53 Å². The van der Waals surface area contributed by atoms with Gasteiger partial charge in [-0.15, -0.1) is 0 Å². The van der Waals surface area contributed by atoms with Crippen molar-refractivity contribution in [3.05, 3.63) is 45.5 Å². The fourth-order valence-electron chi connectivity index (χ4n) is 3.74. The zero-order valence-electron chi connectivity index (χ0n) is 15.6. The molecule has 1 aliphatic rings. The largest absolute Gasteiger partial charge is 0.479 e. The molecule has 4 rings (SSSR count). The highest BCUT2D eigenvalue weighted by atomic mass is 35.5. The Morgan fingerprint density at radius 3 is 2.89 bits per heavy atom. The molecule has 0 radical (unpaired) electrons. The molecule has 0 bridgehead atoms. The first-order valence-electron chi connectivity index (χ1n) is 8.84. The first-order valence-corrected chi connectivity index (χ1v) is 9.60. The topological polar surface area (TPSA) is 83.1 Å². The van der Waals surface area contributed by atoms with E-state index in [1.165, 1.54) is 7.11 Å². The third kappa shape index (κ3) is 2.86. The second-order valence-electron chi connectivity index (χ2n) is 6.59. The van der Waals surface area contributed by atoms with Crippen molar-refractivity contribution in [1.29, 1.82) is 0 Å². The van der Waals surface area contributed by atoms with Crippen LogP contribution in [0.5, 0.6) is 5.88 Å². The Hall–Kier alpha value is -2.51. The third-order valence-electron chi connectivity index (χ3n) is 5.14. The number of nitrogens with one attached hydrogen (secondary N) is 2. The van der Waals surface area contributed by atoms with Gasteiger partial charge < -0.3 is 19.9 Å². The SMILES string of the molecule is CNc1cnc(C(=O)N2CCc3[nH]c4c(Cl)c(Cl)ccc4c3C2C)nc1OC. The van der Waals surface area contributed by atoms with Crippen LogP contribution in [-0.2, 0) is 6.42 Å². The summed E-state index contributed by atoms with van der Waals surface area (Å²) in [6.45, 7) is 2.54. The molecule has 0 saturated carbocycles. The van der Waals surface area contributed by atoms with Crippen molar-refractivity contribution in [3.63, 3.8) is 0 Å². The van der Waals surface area contributed by atoms with Crippen molar-refractivity contribution in [2.24, 2.45) is 0 Å². The predicted octanol–water partition coefficient (Wildman–Crippen LogP) is 4.07. The second-order valence-corrected chi connectivity index (χ2v) is 7.38. The molecule has 1 aliphatic heterocycles. The van der Waals surface area contributed by atoms with Crippen LogP contribution in [0.2, 0.25) is 10.0 Å². The first kappa shape index (κ1) is 18.8. The molecular weight excluding hydrogens is 401 g/mol. The Bertz CT molecular complexity index is 1080.